The first-order valence-electron chi connectivity index (χ1n) is 7.58. The highest BCUT2D eigenvalue weighted by Crippen LogP contribution is 2.17. The number of carbonyl (C=O) groups excluding carboxylic acids is 2. The molecule has 0 aromatic heterocycles. The Labute approximate surface area is 135 Å². The van der Waals surface area contributed by atoms with Crippen molar-refractivity contribution in [2.75, 3.05) is 45.8 Å². The van der Waals surface area contributed by atoms with E-state index in [1.165, 1.54) is 4.90 Å². The van der Waals surface area contributed by atoms with E-state index in [0.717, 1.165) is 6.54 Å². The van der Waals surface area contributed by atoms with Gasteiger partial charge in [-0.3, -0.25) is 9.59 Å². The van der Waals surface area contributed by atoms with Gasteiger partial charge >= 0.3 is 0 Å². The van der Waals surface area contributed by atoms with Crippen molar-refractivity contribution in [3.8, 4) is 5.75 Å². The molecule has 1 heterocycles. The standard InChI is InChI=1S/C16H23N3O4/c1-19(2)16(21)11-23-14-5-3-4-12(8-14)18-15(20)9-13-10-22-7-6-17-13/h3-5,8,13,17H,6-7,9-11H2,1-2H3,(H,18,20). The molecule has 23 heavy (non-hydrogen) atoms. The molecule has 0 radical (unpaired) electrons. The Kier molecular flexibility index (Phi) is 6.37. The number of hydrogen-bond donors (Lipinski definition) is 2. The number of nitrogens with one attached hydrogen (secondary N) is 2. The number of amides is 2. The van der Waals surface area contributed by atoms with Gasteiger partial charge in [-0.05, 0) is 12.1 Å². The topological polar surface area (TPSA) is 79.9 Å². The predicted molar refractivity (Wildman–Crippen MR) is 86.5 cm³/mol. The smallest absolute Gasteiger partial charge is 0.259 e. The van der Waals surface area contributed by atoms with Crippen molar-refractivity contribution in [2.24, 2.45) is 0 Å². The maximum absolute atomic E-state index is 12.0. The lowest BCUT2D eigenvalue weighted by molar-refractivity contribution is -0.130. The summed E-state index contributed by atoms with van der Waals surface area (Å²) in [6, 6.07) is 7.04. The number of anilines is 1. The molecular weight excluding hydrogens is 298 g/mol. The molecule has 1 saturated heterocycles. The fraction of sp³-hybridized carbons (Fsp3) is 0.500. The van der Waals surface area contributed by atoms with Gasteiger partial charge in [0.1, 0.15) is 5.75 Å². The Morgan fingerprint density at radius 2 is 2.26 bits per heavy atom. The van der Waals surface area contributed by atoms with Crippen molar-refractivity contribution in [3.05, 3.63) is 24.3 Å². The van der Waals surface area contributed by atoms with E-state index in [4.69, 9.17) is 9.47 Å². The molecule has 7 heteroatoms. The number of rotatable bonds is 6. The summed E-state index contributed by atoms with van der Waals surface area (Å²) >= 11 is 0. The molecule has 1 aromatic carbocycles. The quantitative estimate of drug-likeness (QED) is 0.796. The maximum Gasteiger partial charge on any atom is 0.259 e. The average molecular weight is 321 g/mol. The summed E-state index contributed by atoms with van der Waals surface area (Å²) in [5.74, 6) is 0.328. The zero-order valence-corrected chi connectivity index (χ0v) is 13.5. The molecule has 0 spiro atoms. The number of carbonyl (C=O) groups is 2. The third kappa shape index (κ3) is 5.88. The first kappa shape index (κ1) is 17.2. The van der Waals surface area contributed by atoms with E-state index < -0.39 is 0 Å². The van der Waals surface area contributed by atoms with Crippen molar-refractivity contribution >= 4 is 17.5 Å². The Hall–Kier alpha value is -2.12. The first-order valence-corrected chi connectivity index (χ1v) is 7.58. The molecule has 2 amide bonds. The number of ether oxygens (including phenoxy) is 2. The van der Waals surface area contributed by atoms with Crippen LogP contribution in [0.25, 0.3) is 0 Å². The van der Waals surface area contributed by atoms with Gasteiger partial charge in [-0.15, -0.1) is 0 Å². The summed E-state index contributed by atoms with van der Waals surface area (Å²) in [6.07, 6.45) is 0.351. The van der Waals surface area contributed by atoms with Crippen LogP contribution in [-0.2, 0) is 14.3 Å². The van der Waals surface area contributed by atoms with Crippen LogP contribution in [0.2, 0.25) is 0 Å². The molecular formula is C16H23N3O4. The van der Waals surface area contributed by atoms with Crippen LogP contribution in [0.4, 0.5) is 5.69 Å². The zero-order valence-electron chi connectivity index (χ0n) is 13.5. The van der Waals surface area contributed by atoms with Crippen LogP contribution in [0.15, 0.2) is 24.3 Å². The lowest BCUT2D eigenvalue weighted by Crippen LogP contribution is -2.43. The first-order chi connectivity index (χ1) is 11.0. The minimum Gasteiger partial charge on any atom is -0.484 e. The third-order valence-corrected chi connectivity index (χ3v) is 3.41. The summed E-state index contributed by atoms with van der Waals surface area (Å²) in [7, 11) is 3.34. The van der Waals surface area contributed by atoms with Gasteiger partial charge < -0.3 is 25.0 Å². The molecule has 2 rings (SSSR count). The molecule has 1 aliphatic rings. The van der Waals surface area contributed by atoms with E-state index in [1.54, 1.807) is 38.4 Å². The molecule has 0 bridgehead atoms. The molecule has 0 saturated carbocycles. The third-order valence-electron chi connectivity index (χ3n) is 3.41. The van der Waals surface area contributed by atoms with Crippen molar-refractivity contribution in [1.29, 1.82) is 0 Å². The predicted octanol–water partition coefficient (Wildman–Crippen LogP) is 0.471. The summed E-state index contributed by atoms with van der Waals surface area (Å²) in [6.45, 7) is 1.96. The van der Waals surface area contributed by atoms with Gasteiger partial charge in [0.05, 0.1) is 13.2 Å². The van der Waals surface area contributed by atoms with Crippen molar-refractivity contribution in [3.63, 3.8) is 0 Å². The fourth-order valence-electron chi connectivity index (χ4n) is 2.12. The van der Waals surface area contributed by atoms with Gasteiger partial charge in [-0.1, -0.05) is 6.07 Å². The second kappa shape index (κ2) is 8.50. The zero-order chi connectivity index (χ0) is 16.7. The molecule has 1 fully saturated rings. The van der Waals surface area contributed by atoms with E-state index in [-0.39, 0.29) is 24.5 Å². The fourth-order valence-corrected chi connectivity index (χ4v) is 2.12. The van der Waals surface area contributed by atoms with Gasteiger partial charge in [0.15, 0.2) is 6.61 Å². The number of likely N-dealkylation sites (N-methyl/N-ethyl adjacent to an activating group) is 1. The van der Waals surface area contributed by atoms with Crippen molar-refractivity contribution in [1.82, 2.24) is 10.2 Å². The molecule has 7 nitrogen and oxygen atoms in total. The van der Waals surface area contributed by atoms with Crippen LogP contribution in [-0.4, -0.2) is 63.2 Å². The lowest BCUT2D eigenvalue weighted by Gasteiger charge is -2.23. The molecule has 0 aliphatic carbocycles. The summed E-state index contributed by atoms with van der Waals surface area (Å²) in [4.78, 5) is 25.0. The van der Waals surface area contributed by atoms with Crippen molar-refractivity contribution in [2.45, 2.75) is 12.5 Å². The monoisotopic (exact) mass is 321 g/mol. The van der Waals surface area contributed by atoms with Crippen LogP contribution in [0.1, 0.15) is 6.42 Å². The van der Waals surface area contributed by atoms with E-state index in [0.29, 0.717) is 31.1 Å². The summed E-state index contributed by atoms with van der Waals surface area (Å²) in [5, 5.41) is 6.07. The largest absolute Gasteiger partial charge is 0.484 e. The van der Waals surface area contributed by atoms with Crippen LogP contribution in [0.5, 0.6) is 5.75 Å². The molecule has 1 atom stereocenters. The summed E-state index contributed by atoms with van der Waals surface area (Å²) in [5.41, 5.74) is 0.640. The van der Waals surface area contributed by atoms with E-state index in [1.807, 2.05) is 0 Å². The van der Waals surface area contributed by atoms with Crippen LogP contribution in [0, 0.1) is 0 Å². The van der Waals surface area contributed by atoms with Crippen molar-refractivity contribution < 1.29 is 19.1 Å². The Morgan fingerprint density at radius 3 is 2.96 bits per heavy atom. The van der Waals surface area contributed by atoms with E-state index in [9.17, 15) is 9.59 Å². The number of morpholine rings is 1. The molecule has 1 aromatic rings. The van der Waals surface area contributed by atoms with Gasteiger partial charge in [-0.2, -0.15) is 0 Å². The Bertz CT molecular complexity index is 542. The summed E-state index contributed by atoms with van der Waals surface area (Å²) < 4.78 is 10.8. The minimum atomic E-state index is -0.122. The van der Waals surface area contributed by atoms with Crippen LogP contribution >= 0.6 is 0 Å². The second-order valence-electron chi connectivity index (χ2n) is 5.58. The molecule has 126 valence electrons. The number of benzene rings is 1. The normalized spacial score (nSPS) is 17.4. The van der Waals surface area contributed by atoms with Gasteiger partial charge in [0.25, 0.3) is 5.91 Å². The van der Waals surface area contributed by atoms with Gasteiger partial charge in [0, 0.05) is 44.9 Å². The highest BCUT2D eigenvalue weighted by atomic mass is 16.5. The highest BCUT2D eigenvalue weighted by Gasteiger charge is 2.17. The average Bonchev–Trinajstić information content (AvgIpc) is 2.53. The van der Waals surface area contributed by atoms with Gasteiger partial charge in [-0.25, -0.2) is 0 Å². The molecule has 2 N–H and O–H groups in total. The number of hydrogen-bond acceptors (Lipinski definition) is 5. The SMILES string of the molecule is CN(C)C(=O)COc1cccc(NC(=O)CC2COCCN2)c1. The van der Waals surface area contributed by atoms with E-state index >= 15 is 0 Å². The number of nitrogens with zero attached hydrogens (tertiary/aromatic N) is 1. The molecule has 1 unspecified atom stereocenters. The van der Waals surface area contributed by atoms with Crippen LogP contribution in [0.3, 0.4) is 0 Å². The Balaban J connectivity index is 1.84. The van der Waals surface area contributed by atoms with E-state index in [2.05, 4.69) is 10.6 Å². The second-order valence-corrected chi connectivity index (χ2v) is 5.58. The maximum atomic E-state index is 12.0. The Morgan fingerprint density at radius 1 is 1.43 bits per heavy atom. The lowest BCUT2D eigenvalue weighted by atomic mass is 10.2. The van der Waals surface area contributed by atoms with Crippen LogP contribution < -0.4 is 15.4 Å². The minimum absolute atomic E-state index is 0.0340. The molecule has 1 aliphatic heterocycles. The van der Waals surface area contributed by atoms with Gasteiger partial charge in [0.2, 0.25) is 5.91 Å². The highest BCUT2D eigenvalue weighted by molar-refractivity contribution is 5.91.